The fraction of sp³-hybridized carbons (Fsp3) is 0.368. The summed E-state index contributed by atoms with van der Waals surface area (Å²) in [7, 11) is 0. The summed E-state index contributed by atoms with van der Waals surface area (Å²) in [6, 6.07) is 11.4. The zero-order chi connectivity index (χ0) is 17.1. The number of hydrogen-bond acceptors (Lipinski definition) is 3. The van der Waals surface area contributed by atoms with Crippen LogP contribution in [0.5, 0.6) is 0 Å². The number of pyridine rings is 1. The van der Waals surface area contributed by atoms with E-state index in [-0.39, 0.29) is 11.5 Å². The topological polar surface area (TPSA) is 65.2 Å². The number of rotatable bonds is 4. The fourth-order valence-electron chi connectivity index (χ4n) is 3.29. The van der Waals surface area contributed by atoms with Crippen molar-refractivity contribution in [1.82, 2.24) is 10.3 Å². The van der Waals surface area contributed by atoms with Gasteiger partial charge in [-0.05, 0) is 43.9 Å². The Labute approximate surface area is 141 Å². The SMILES string of the molecule is Cc1cc(C(=O)NCC2CCN(c3ccccc3C)C2)cc(=O)[nH]1. The molecule has 1 unspecified atom stereocenters. The first kappa shape index (κ1) is 16.3. The molecule has 5 heteroatoms. The average molecular weight is 325 g/mol. The molecule has 3 rings (SSSR count). The van der Waals surface area contributed by atoms with Crippen molar-refractivity contribution in [2.75, 3.05) is 24.5 Å². The lowest BCUT2D eigenvalue weighted by Crippen LogP contribution is -2.31. The van der Waals surface area contributed by atoms with Gasteiger partial charge in [-0.3, -0.25) is 9.59 Å². The normalized spacial score (nSPS) is 17.1. The summed E-state index contributed by atoms with van der Waals surface area (Å²) in [5.74, 6) is 0.246. The van der Waals surface area contributed by atoms with Crippen LogP contribution in [0, 0.1) is 19.8 Å². The molecule has 1 atom stereocenters. The van der Waals surface area contributed by atoms with Crippen molar-refractivity contribution in [1.29, 1.82) is 0 Å². The number of aryl methyl sites for hydroxylation is 2. The molecule has 0 bridgehead atoms. The second-order valence-corrected chi connectivity index (χ2v) is 6.51. The number of benzene rings is 1. The Balaban J connectivity index is 1.57. The van der Waals surface area contributed by atoms with Gasteiger partial charge in [-0.1, -0.05) is 18.2 Å². The Kier molecular flexibility index (Phi) is 4.69. The number of nitrogens with zero attached hydrogens (tertiary/aromatic N) is 1. The smallest absolute Gasteiger partial charge is 0.251 e. The fourth-order valence-corrected chi connectivity index (χ4v) is 3.29. The van der Waals surface area contributed by atoms with Crippen molar-refractivity contribution in [3.8, 4) is 0 Å². The highest BCUT2D eigenvalue weighted by Crippen LogP contribution is 2.26. The highest BCUT2D eigenvalue weighted by atomic mass is 16.2. The molecule has 126 valence electrons. The molecule has 0 spiro atoms. The number of nitrogens with one attached hydrogen (secondary N) is 2. The molecule has 2 heterocycles. The quantitative estimate of drug-likeness (QED) is 0.906. The molecule has 5 nitrogen and oxygen atoms in total. The Morgan fingerprint density at radius 3 is 2.83 bits per heavy atom. The van der Waals surface area contributed by atoms with E-state index in [1.165, 1.54) is 17.3 Å². The van der Waals surface area contributed by atoms with Crippen LogP contribution in [0.2, 0.25) is 0 Å². The van der Waals surface area contributed by atoms with Gasteiger partial charge < -0.3 is 15.2 Å². The number of amides is 1. The summed E-state index contributed by atoms with van der Waals surface area (Å²) in [6.45, 7) is 6.48. The summed E-state index contributed by atoms with van der Waals surface area (Å²) in [5, 5.41) is 2.96. The molecule has 0 saturated carbocycles. The second kappa shape index (κ2) is 6.91. The van der Waals surface area contributed by atoms with E-state index in [1.807, 2.05) is 0 Å². The largest absolute Gasteiger partial charge is 0.371 e. The maximum atomic E-state index is 12.2. The minimum atomic E-state index is -0.244. The molecule has 1 aliphatic rings. The van der Waals surface area contributed by atoms with Gasteiger partial charge in [0.15, 0.2) is 0 Å². The summed E-state index contributed by atoms with van der Waals surface area (Å²) < 4.78 is 0. The van der Waals surface area contributed by atoms with E-state index in [4.69, 9.17) is 0 Å². The predicted molar refractivity (Wildman–Crippen MR) is 95.6 cm³/mol. The first-order valence-electron chi connectivity index (χ1n) is 8.32. The number of hydrogen-bond donors (Lipinski definition) is 2. The van der Waals surface area contributed by atoms with Gasteiger partial charge >= 0.3 is 0 Å². The molecule has 2 N–H and O–H groups in total. The highest BCUT2D eigenvalue weighted by Gasteiger charge is 2.24. The van der Waals surface area contributed by atoms with Crippen LogP contribution in [0.25, 0.3) is 0 Å². The molecular formula is C19H23N3O2. The molecule has 0 aliphatic carbocycles. The molecule has 1 aromatic heterocycles. The molecule has 1 fully saturated rings. The third-order valence-corrected chi connectivity index (χ3v) is 4.53. The van der Waals surface area contributed by atoms with Crippen LogP contribution in [0.15, 0.2) is 41.2 Å². The van der Waals surface area contributed by atoms with Gasteiger partial charge in [-0.15, -0.1) is 0 Å². The standard InChI is InChI=1S/C19H23N3O2/c1-13-5-3-4-6-17(13)22-8-7-15(12-22)11-20-19(24)16-9-14(2)21-18(23)10-16/h3-6,9-10,15H,7-8,11-12H2,1-2H3,(H,20,24)(H,21,23). The Bertz CT molecular complexity index is 797. The average Bonchev–Trinajstić information content (AvgIpc) is 3.01. The van der Waals surface area contributed by atoms with E-state index >= 15 is 0 Å². The molecule has 1 saturated heterocycles. The zero-order valence-corrected chi connectivity index (χ0v) is 14.1. The summed E-state index contributed by atoms with van der Waals surface area (Å²) in [5.41, 5.74) is 3.42. The van der Waals surface area contributed by atoms with Crippen LogP contribution in [0.3, 0.4) is 0 Å². The van der Waals surface area contributed by atoms with Crippen LogP contribution in [0.1, 0.15) is 28.0 Å². The second-order valence-electron chi connectivity index (χ2n) is 6.51. The lowest BCUT2D eigenvalue weighted by atomic mass is 10.1. The van der Waals surface area contributed by atoms with Crippen LogP contribution in [-0.2, 0) is 0 Å². The van der Waals surface area contributed by atoms with Crippen LogP contribution in [-0.4, -0.2) is 30.5 Å². The van der Waals surface area contributed by atoms with Crippen molar-refractivity contribution in [3.05, 3.63) is 63.6 Å². The molecule has 0 radical (unpaired) electrons. The molecule has 1 amide bonds. The number of para-hydroxylation sites is 1. The number of carbonyl (C=O) groups excluding carboxylic acids is 1. The van der Waals surface area contributed by atoms with E-state index in [1.54, 1.807) is 13.0 Å². The van der Waals surface area contributed by atoms with Crippen molar-refractivity contribution in [2.24, 2.45) is 5.92 Å². The van der Waals surface area contributed by atoms with Gasteiger partial charge in [-0.25, -0.2) is 0 Å². The summed E-state index contributed by atoms with van der Waals surface area (Å²) in [4.78, 5) is 28.7. The van der Waals surface area contributed by atoms with E-state index < -0.39 is 0 Å². The van der Waals surface area contributed by atoms with E-state index in [9.17, 15) is 9.59 Å². The van der Waals surface area contributed by atoms with Crippen LogP contribution in [0.4, 0.5) is 5.69 Å². The van der Waals surface area contributed by atoms with Crippen molar-refractivity contribution in [2.45, 2.75) is 20.3 Å². The number of H-pyrrole nitrogens is 1. The number of aromatic amines is 1. The van der Waals surface area contributed by atoms with Crippen LogP contribution < -0.4 is 15.8 Å². The van der Waals surface area contributed by atoms with E-state index in [0.717, 1.165) is 19.5 Å². The number of anilines is 1. The first-order valence-corrected chi connectivity index (χ1v) is 8.32. The number of aromatic nitrogens is 1. The highest BCUT2D eigenvalue weighted by molar-refractivity contribution is 5.94. The van der Waals surface area contributed by atoms with Crippen LogP contribution >= 0.6 is 0 Å². The van der Waals surface area contributed by atoms with Crippen molar-refractivity contribution >= 4 is 11.6 Å². The van der Waals surface area contributed by atoms with Gasteiger partial charge in [0.25, 0.3) is 5.91 Å². The lowest BCUT2D eigenvalue weighted by molar-refractivity contribution is 0.0948. The van der Waals surface area contributed by atoms with Crippen molar-refractivity contribution in [3.63, 3.8) is 0 Å². The van der Waals surface area contributed by atoms with Gasteiger partial charge in [0.1, 0.15) is 0 Å². The molecule has 2 aromatic rings. The van der Waals surface area contributed by atoms with Gasteiger partial charge in [0.2, 0.25) is 5.56 Å². The first-order chi connectivity index (χ1) is 11.5. The Morgan fingerprint density at radius 1 is 1.29 bits per heavy atom. The molecule has 24 heavy (non-hydrogen) atoms. The molecular weight excluding hydrogens is 302 g/mol. The summed E-state index contributed by atoms with van der Waals surface area (Å²) >= 11 is 0. The lowest BCUT2D eigenvalue weighted by Gasteiger charge is -2.21. The third kappa shape index (κ3) is 3.67. The maximum Gasteiger partial charge on any atom is 0.251 e. The number of carbonyl (C=O) groups is 1. The predicted octanol–water partition coefficient (Wildman–Crippen LogP) is 2.25. The van der Waals surface area contributed by atoms with Gasteiger partial charge in [-0.2, -0.15) is 0 Å². The Morgan fingerprint density at radius 2 is 2.08 bits per heavy atom. The third-order valence-electron chi connectivity index (χ3n) is 4.53. The van der Waals surface area contributed by atoms with Gasteiger partial charge in [0, 0.05) is 42.6 Å². The monoisotopic (exact) mass is 325 g/mol. The Hall–Kier alpha value is -2.56. The van der Waals surface area contributed by atoms with Gasteiger partial charge in [0.05, 0.1) is 0 Å². The molecule has 1 aliphatic heterocycles. The molecule has 1 aromatic carbocycles. The zero-order valence-electron chi connectivity index (χ0n) is 14.1. The maximum absolute atomic E-state index is 12.2. The summed E-state index contributed by atoms with van der Waals surface area (Å²) in [6.07, 6.45) is 1.06. The van der Waals surface area contributed by atoms with E-state index in [0.29, 0.717) is 23.7 Å². The van der Waals surface area contributed by atoms with E-state index in [2.05, 4.69) is 46.4 Å². The van der Waals surface area contributed by atoms with Crippen molar-refractivity contribution < 1.29 is 4.79 Å². The minimum Gasteiger partial charge on any atom is -0.371 e. The minimum absolute atomic E-state index is 0.182.